The van der Waals surface area contributed by atoms with Crippen LogP contribution in [0.15, 0.2) is 6.07 Å². The van der Waals surface area contributed by atoms with Gasteiger partial charge >= 0.3 is 0 Å². The van der Waals surface area contributed by atoms with E-state index in [1.165, 1.54) is 12.8 Å². The molecule has 4 nitrogen and oxygen atoms in total. The summed E-state index contributed by atoms with van der Waals surface area (Å²) >= 11 is 0. The van der Waals surface area contributed by atoms with Crippen molar-refractivity contribution in [1.29, 1.82) is 0 Å². The Morgan fingerprint density at radius 1 is 1.50 bits per heavy atom. The van der Waals surface area contributed by atoms with Crippen LogP contribution < -0.4 is 5.73 Å². The monoisotopic (exact) mass is 188 g/mol. The summed E-state index contributed by atoms with van der Waals surface area (Å²) < 4.78 is 0. The van der Waals surface area contributed by atoms with Crippen molar-refractivity contribution in [2.24, 2.45) is 0 Å². The lowest BCUT2D eigenvalue weighted by molar-refractivity contribution is 0.998. The van der Waals surface area contributed by atoms with Gasteiger partial charge in [0.2, 0.25) is 0 Å². The molecule has 0 aromatic carbocycles. The van der Waals surface area contributed by atoms with Crippen LogP contribution in [0.3, 0.4) is 0 Å². The van der Waals surface area contributed by atoms with Gasteiger partial charge in [0.25, 0.3) is 0 Å². The van der Waals surface area contributed by atoms with Gasteiger partial charge in [-0.15, -0.1) is 0 Å². The summed E-state index contributed by atoms with van der Waals surface area (Å²) in [4.78, 5) is 4.54. The second-order valence-corrected chi connectivity index (χ2v) is 3.96. The molecular weight excluding hydrogens is 176 g/mol. The Kier molecular flexibility index (Phi) is 1.37. The average Bonchev–Trinajstić information content (AvgIpc) is 2.93. The Morgan fingerprint density at radius 2 is 2.29 bits per heavy atom. The number of nitrogens with one attached hydrogen (secondary N) is 1. The van der Waals surface area contributed by atoms with E-state index < -0.39 is 0 Å². The first kappa shape index (κ1) is 7.79. The van der Waals surface area contributed by atoms with Gasteiger partial charge in [0.1, 0.15) is 11.3 Å². The van der Waals surface area contributed by atoms with Crippen LogP contribution in [0.5, 0.6) is 0 Å². The lowest BCUT2D eigenvalue weighted by atomic mass is 10.1. The Balaban J connectivity index is 2.35. The minimum absolute atomic E-state index is 0.611. The van der Waals surface area contributed by atoms with Gasteiger partial charge in [-0.3, -0.25) is 10.1 Å². The maximum absolute atomic E-state index is 5.79. The number of anilines is 1. The molecule has 1 fully saturated rings. The van der Waals surface area contributed by atoms with Gasteiger partial charge < -0.3 is 5.73 Å². The number of fused-ring (bicyclic) bond motifs is 1. The van der Waals surface area contributed by atoms with Crippen molar-refractivity contribution < 1.29 is 0 Å². The van der Waals surface area contributed by atoms with Crippen molar-refractivity contribution in [2.75, 3.05) is 5.73 Å². The van der Waals surface area contributed by atoms with E-state index >= 15 is 0 Å². The molecule has 72 valence electrons. The fraction of sp³-hybridized carbons (Fsp3) is 0.400. The molecule has 14 heavy (non-hydrogen) atoms. The fourth-order valence-electron chi connectivity index (χ4n) is 1.83. The number of rotatable bonds is 1. The normalized spacial score (nSPS) is 16.4. The SMILES string of the molecule is Cc1cc2c(N)[nH]nc2c(C2CC2)n1. The largest absolute Gasteiger partial charge is 0.384 e. The molecule has 2 aromatic heterocycles. The van der Waals surface area contributed by atoms with E-state index in [0.29, 0.717) is 11.7 Å². The highest BCUT2D eigenvalue weighted by atomic mass is 15.2. The van der Waals surface area contributed by atoms with E-state index in [1.54, 1.807) is 0 Å². The number of hydrogen-bond donors (Lipinski definition) is 2. The van der Waals surface area contributed by atoms with Crippen LogP contribution in [0.25, 0.3) is 10.9 Å². The molecule has 2 aromatic rings. The molecule has 1 aliphatic carbocycles. The van der Waals surface area contributed by atoms with E-state index in [-0.39, 0.29) is 0 Å². The fourth-order valence-corrected chi connectivity index (χ4v) is 1.83. The number of aromatic amines is 1. The molecule has 0 atom stereocenters. The topological polar surface area (TPSA) is 67.6 Å². The van der Waals surface area contributed by atoms with Crippen LogP contribution in [-0.2, 0) is 0 Å². The third-order valence-electron chi connectivity index (χ3n) is 2.69. The minimum atomic E-state index is 0.611. The van der Waals surface area contributed by atoms with Crippen LogP contribution in [0, 0.1) is 6.92 Å². The Labute approximate surface area is 81.5 Å². The highest BCUT2D eigenvalue weighted by molar-refractivity contribution is 5.90. The molecule has 1 saturated carbocycles. The maximum atomic E-state index is 5.79. The molecule has 0 bridgehead atoms. The zero-order valence-electron chi connectivity index (χ0n) is 8.04. The van der Waals surface area contributed by atoms with Crippen molar-refractivity contribution in [3.63, 3.8) is 0 Å². The Bertz CT molecular complexity index is 496. The van der Waals surface area contributed by atoms with Gasteiger partial charge in [-0.1, -0.05) is 0 Å². The first-order valence-electron chi connectivity index (χ1n) is 4.87. The van der Waals surface area contributed by atoms with Crippen molar-refractivity contribution in [1.82, 2.24) is 15.2 Å². The zero-order chi connectivity index (χ0) is 9.71. The molecule has 0 amide bonds. The molecule has 0 radical (unpaired) electrons. The first-order chi connectivity index (χ1) is 6.75. The van der Waals surface area contributed by atoms with Crippen LogP contribution >= 0.6 is 0 Å². The van der Waals surface area contributed by atoms with Gasteiger partial charge in [0.15, 0.2) is 0 Å². The van der Waals surface area contributed by atoms with Gasteiger partial charge in [-0.2, -0.15) is 5.10 Å². The summed E-state index contributed by atoms with van der Waals surface area (Å²) in [6.07, 6.45) is 2.47. The summed E-state index contributed by atoms with van der Waals surface area (Å²) in [7, 11) is 0. The van der Waals surface area contributed by atoms with Crippen molar-refractivity contribution in [3.8, 4) is 0 Å². The summed E-state index contributed by atoms with van der Waals surface area (Å²) in [5.74, 6) is 1.26. The number of nitrogens with two attached hydrogens (primary N) is 1. The maximum Gasteiger partial charge on any atom is 0.126 e. The van der Waals surface area contributed by atoms with Gasteiger partial charge in [-0.05, 0) is 25.8 Å². The zero-order valence-corrected chi connectivity index (χ0v) is 8.04. The molecule has 1 aliphatic rings. The highest BCUT2D eigenvalue weighted by Crippen LogP contribution is 2.42. The standard InChI is InChI=1S/C10H12N4/c1-5-4-7-9(13-14-10(7)11)8(12-5)6-2-3-6/h4,6H,2-3H2,1H3,(H3,11,13,14). The average molecular weight is 188 g/mol. The second-order valence-electron chi connectivity index (χ2n) is 3.96. The molecule has 3 N–H and O–H groups in total. The number of aryl methyl sites for hydroxylation is 1. The van der Waals surface area contributed by atoms with Crippen molar-refractivity contribution >= 4 is 16.7 Å². The van der Waals surface area contributed by atoms with Crippen molar-refractivity contribution in [3.05, 3.63) is 17.5 Å². The summed E-state index contributed by atoms with van der Waals surface area (Å²) in [6.45, 7) is 2.00. The number of nitrogens with zero attached hydrogens (tertiary/aromatic N) is 2. The lowest BCUT2D eigenvalue weighted by Crippen LogP contribution is -1.92. The van der Waals surface area contributed by atoms with E-state index in [1.807, 2.05) is 13.0 Å². The molecule has 4 heteroatoms. The van der Waals surface area contributed by atoms with Crippen LogP contribution in [-0.4, -0.2) is 15.2 Å². The number of nitrogen functional groups attached to an aromatic ring is 1. The van der Waals surface area contributed by atoms with Crippen molar-refractivity contribution in [2.45, 2.75) is 25.7 Å². The lowest BCUT2D eigenvalue weighted by Gasteiger charge is -2.00. The van der Waals surface area contributed by atoms with E-state index in [9.17, 15) is 0 Å². The molecule has 0 saturated heterocycles. The number of H-pyrrole nitrogens is 1. The summed E-state index contributed by atoms with van der Waals surface area (Å²) in [6, 6.07) is 1.99. The quantitative estimate of drug-likeness (QED) is 0.716. The first-order valence-corrected chi connectivity index (χ1v) is 4.87. The molecule has 3 rings (SSSR count). The van der Waals surface area contributed by atoms with E-state index in [4.69, 9.17) is 5.73 Å². The predicted octanol–water partition coefficient (Wildman–Crippen LogP) is 1.73. The van der Waals surface area contributed by atoms with Crippen LogP contribution in [0.4, 0.5) is 5.82 Å². The van der Waals surface area contributed by atoms with Crippen LogP contribution in [0.1, 0.15) is 30.1 Å². The van der Waals surface area contributed by atoms with E-state index in [0.717, 1.165) is 22.3 Å². The third-order valence-corrected chi connectivity index (χ3v) is 2.69. The minimum Gasteiger partial charge on any atom is -0.384 e. The van der Waals surface area contributed by atoms with Gasteiger partial charge in [0.05, 0.1) is 5.69 Å². The predicted molar refractivity (Wildman–Crippen MR) is 55.0 cm³/mol. The smallest absolute Gasteiger partial charge is 0.126 e. The van der Waals surface area contributed by atoms with Gasteiger partial charge in [0, 0.05) is 17.0 Å². The Hall–Kier alpha value is -1.58. The molecule has 0 unspecified atom stereocenters. The second kappa shape index (κ2) is 2.47. The highest BCUT2D eigenvalue weighted by Gasteiger charge is 2.28. The van der Waals surface area contributed by atoms with Gasteiger partial charge in [-0.25, -0.2) is 0 Å². The Morgan fingerprint density at radius 3 is 3.00 bits per heavy atom. The molecule has 0 aliphatic heterocycles. The molecular formula is C10H12N4. The molecule has 2 heterocycles. The third kappa shape index (κ3) is 0.999. The van der Waals surface area contributed by atoms with E-state index in [2.05, 4.69) is 15.2 Å². The number of hydrogen-bond acceptors (Lipinski definition) is 3. The number of aromatic nitrogens is 3. The number of pyridine rings is 1. The molecule has 0 spiro atoms. The summed E-state index contributed by atoms with van der Waals surface area (Å²) in [5.41, 5.74) is 8.88. The summed E-state index contributed by atoms with van der Waals surface area (Å²) in [5, 5.41) is 8.04. The van der Waals surface area contributed by atoms with Crippen LogP contribution in [0.2, 0.25) is 0 Å².